The second kappa shape index (κ2) is 16.8. The van der Waals surface area contributed by atoms with Crippen LogP contribution in [0.15, 0.2) is 12.2 Å². The molecule has 0 bridgehead atoms. The van der Waals surface area contributed by atoms with Crippen LogP contribution in [0.5, 0.6) is 0 Å². The number of ether oxygens (including phenoxy) is 3. The van der Waals surface area contributed by atoms with Crippen LogP contribution in [0.2, 0.25) is 0 Å². The molecular formula is C28H48N4O8. The molecule has 1 unspecified atom stereocenters. The van der Waals surface area contributed by atoms with E-state index in [-0.39, 0.29) is 37.4 Å². The summed E-state index contributed by atoms with van der Waals surface area (Å²) < 4.78 is 15.8. The molecule has 0 aromatic heterocycles. The molecule has 1 aliphatic heterocycles. The van der Waals surface area contributed by atoms with Crippen molar-refractivity contribution in [2.45, 2.75) is 104 Å². The van der Waals surface area contributed by atoms with Crippen molar-refractivity contribution in [3.63, 3.8) is 0 Å². The van der Waals surface area contributed by atoms with E-state index in [4.69, 9.17) is 14.2 Å². The molecule has 0 aromatic carbocycles. The molecule has 0 spiro atoms. The molecule has 1 heterocycles. The minimum Gasteiger partial charge on any atom is -0.463 e. The molecule has 40 heavy (non-hydrogen) atoms. The van der Waals surface area contributed by atoms with E-state index in [9.17, 15) is 24.0 Å². The number of hydrogen-bond acceptors (Lipinski definition) is 8. The lowest BCUT2D eigenvalue weighted by molar-refractivity contribution is -0.137. The summed E-state index contributed by atoms with van der Waals surface area (Å²) >= 11 is 0. The summed E-state index contributed by atoms with van der Waals surface area (Å²) in [5, 5.41) is 10.9. The Bertz CT molecular complexity index is 899. The van der Waals surface area contributed by atoms with Crippen LogP contribution in [0.1, 0.15) is 74.7 Å². The Labute approximate surface area is 237 Å². The zero-order valence-electron chi connectivity index (χ0n) is 25.1. The Morgan fingerprint density at radius 3 is 2.17 bits per heavy atom. The highest BCUT2D eigenvalue weighted by atomic mass is 16.6. The van der Waals surface area contributed by atoms with Crippen molar-refractivity contribution in [3.05, 3.63) is 12.2 Å². The predicted octanol–water partition coefficient (Wildman–Crippen LogP) is 1.97. The van der Waals surface area contributed by atoms with Crippen LogP contribution < -0.4 is 21.3 Å². The fourth-order valence-electron chi connectivity index (χ4n) is 4.32. The van der Waals surface area contributed by atoms with E-state index in [1.54, 1.807) is 20.8 Å². The van der Waals surface area contributed by atoms with Crippen molar-refractivity contribution in [3.8, 4) is 0 Å². The molecule has 5 atom stereocenters. The van der Waals surface area contributed by atoms with Crippen LogP contribution in [-0.2, 0) is 33.4 Å². The Morgan fingerprint density at radius 2 is 1.65 bits per heavy atom. The van der Waals surface area contributed by atoms with Crippen LogP contribution in [0.3, 0.4) is 0 Å². The molecular weight excluding hydrogens is 520 g/mol. The maximum atomic E-state index is 13.5. The second-order valence-corrected chi connectivity index (χ2v) is 11.2. The SMILES string of the molecule is CCOC(=O)/C=C/[C@H](C[C@@H]1CCNC1=O)NC(=O)[C@H](CC(C)C)NC(=O)[C@@H](NC(=O)OCC)C(C)OC(C)(C)C. The van der Waals surface area contributed by atoms with Crippen molar-refractivity contribution >= 4 is 29.8 Å². The van der Waals surface area contributed by atoms with Gasteiger partial charge in [0, 0.05) is 24.6 Å². The summed E-state index contributed by atoms with van der Waals surface area (Å²) in [5.74, 6) is -2.08. The standard InChI is InChI=1S/C28H48N4O8/c1-9-38-22(33)12-11-20(16-19-13-14-29-24(19)34)30-25(35)21(15-17(3)4)31-26(36)23(32-27(37)39-10-2)18(5)40-28(6,7)8/h11-12,17-21,23H,9-10,13-16H2,1-8H3,(H,29,34)(H,30,35)(H,31,36)(H,32,37)/b12-11+/t18?,19-,20+,21-,23-/m0/s1. The number of carbonyl (C=O) groups excluding carboxylic acids is 5. The first-order valence-electron chi connectivity index (χ1n) is 14.0. The van der Waals surface area contributed by atoms with E-state index in [1.165, 1.54) is 12.2 Å². The third-order valence-electron chi connectivity index (χ3n) is 5.96. The van der Waals surface area contributed by atoms with E-state index in [0.717, 1.165) is 0 Å². The predicted molar refractivity (Wildman–Crippen MR) is 149 cm³/mol. The van der Waals surface area contributed by atoms with Crippen molar-refractivity contribution in [1.29, 1.82) is 0 Å². The van der Waals surface area contributed by atoms with Gasteiger partial charge in [-0.1, -0.05) is 19.9 Å². The van der Waals surface area contributed by atoms with E-state index < -0.39 is 53.7 Å². The summed E-state index contributed by atoms with van der Waals surface area (Å²) in [7, 11) is 0. The first-order valence-corrected chi connectivity index (χ1v) is 14.0. The van der Waals surface area contributed by atoms with E-state index in [0.29, 0.717) is 19.4 Å². The molecule has 1 rings (SSSR count). The largest absolute Gasteiger partial charge is 0.463 e. The number of hydrogen-bond donors (Lipinski definition) is 4. The molecule has 12 heteroatoms. The lowest BCUT2D eigenvalue weighted by Gasteiger charge is -2.32. The number of amides is 4. The number of rotatable bonds is 15. The normalized spacial score (nSPS) is 18.4. The van der Waals surface area contributed by atoms with Gasteiger partial charge >= 0.3 is 12.1 Å². The third-order valence-corrected chi connectivity index (χ3v) is 5.96. The molecule has 1 saturated heterocycles. The molecule has 0 radical (unpaired) electrons. The first kappa shape index (κ1) is 34.9. The number of nitrogens with one attached hydrogen (secondary N) is 4. The van der Waals surface area contributed by atoms with Gasteiger partial charge in [-0.25, -0.2) is 9.59 Å². The van der Waals surface area contributed by atoms with Crippen LogP contribution >= 0.6 is 0 Å². The van der Waals surface area contributed by atoms with Crippen LogP contribution in [0.25, 0.3) is 0 Å². The van der Waals surface area contributed by atoms with Crippen LogP contribution in [0.4, 0.5) is 4.79 Å². The van der Waals surface area contributed by atoms with Crippen molar-refractivity contribution in [1.82, 2.24) is 21.3 Å². The highest BCUT2D eigenvalue weighted by molar-refractivity contribution is 5.92. The quantitative estimate of drug-likeness (QED) is 0.172. The van der Waals surface area contributed by atoms with Gasteiger partial charge in [0.05, 0.1) is 24.9 Å². The van der Waals surface area contributed by atoms with Gasteiger partial charge < -0.3 is 35.5 Å². The lowest BCUT2D eigenvalue weighted by Crippen LogP contribution is -2.59. The molecule has 1 fully saturated rings. The highest BCUT2D eigenvalue weighted by Gasteiger charge is 2.35. The molecule has 0 aromatic rings. The molecule has 4 N–H and O–H groups in total. The van der Waals surface area contributed by atoms with Crippen LogP contribution in [-0.4, -0.2) is 79.4 Å². The molecule has 0 saturated carbocycles. The van der Waals surface area contributed by atoms with Gasteiger partial charge in [-0.2, -0.15) is 0 Å². The Hall–Kier alpha value is -3.15. The van der Waals surface area contributed by atoms with Gasteiger partial charge in [-0.05, 0) is 66.7 Å². The van der Waals surface area contributed by atoms with E-state index >= 15 is 0 Å². The molecule has 1 aliphatic rings. The topological polar surface area (TPSA) is 161 Å². The van der Waals surface area contributed by atoms with Crippen molar-refractivity contribution in [2.24, 2.45) is 11.8 Å². The Morgan fingerprint density at radius 1 is 1.00 bits per heavy atom. The average molecular weight is 569 g/mol. The van der Waals surface area contributed by atoms with Gasteiger partial charge in [0.2, 0.25) is 17.7 Å². The summed E-state index contributed by atoms with van der Waals surface area (Å²) in [6.07, 6.45) is 2.39. The second-order valence-electron chi connectivity index (χ2n) is 11.2. The van der Waals surface area contributed by atoms with E-state index in [1.807, 2.05) is 34.6 Å². The minimum atomic E-state index is -1.14. The lowest BCUT2D eigenvalue weighted by atomic mass is 9.96. The van der Waals surface area contributed by atoms with Gasteiger partial charge in [0.25, 0.3) is 0 Å². The number of alkyl carbamates (subject to hydrolysis) is 1. The fraction of sp³-hybridized carbons (Fsp3) is 0.750. The van der Waals surface area contributed by atoms with Gasteiger partial charge in [0.15, 0.2) is 0 Å². The summed E-state index contributed by atoms with van der Waals surface area (Å²) in [6, 6.07) is -2.76. The average Bonchev–Trinajstić information content (AvgIpc) is 3.23. The van der Waals surface area contributed by atoms with Crippen LogP contribution in [0, 0.1) is 11.8 Å². The maximum Gasteiger partial charge on any atom is 0.407 e. The number of carbonyl (C=O) groups is 5. The number of esters is 1. The fourth-order valence-corrected chi connectivity index (χ4v) is 4.32. The van der Waals surface area contributed by atoms with Gasteiger partial charge in [-0.3, -0.25) is 14.4 Å². The molecule has 12 nitrogen and oxygen atoms in total. The van der Waals surface area contributed by atoms with Crippen molar-refractivity contribution in [2.75, 3.05) is 19.8 Å². The molecule has 0 aliphatic carbocycles. The maximum absolute atomic E-state index is 13.5. The zero-order chi connectivity index (χ0) is 30.5. The Kier molecular flexibility index (Phi) is 14.7. The highest BCUT2D eigenvalue weighted by Crippen LogP contribution is 2.18. The Balaban J connectivity index is 3.15. The first-order chi connectivity index (χ1) is 18.7. The minimum absolute atomic E-state index is 0.0323. The molecule has 228 valence electrons. The summed E-state index contributed by atoms with van der Waals surface area (Å²) in [4.78, 5) is 63.2. The molecule has 4 amide bonds. The van der Waals surface area contributed by atoms with Gasteiger partial charge in [-0.15, -0.1) is 0 Å². The summed E-state index contributed by atoms with van der Waals surface area (Å²) in [5.41, 5.74) is -0.603. The van der Waals surface area contributed by atoms with Gasteiger partial charge in [0.1, 0.15) is 12.1 Å². The van der Waals surface area contributed by atoms with Crippen molar-refractivity contribution < 1.29 is 38.2 Å². The zero-order valence-corrected chi connectivity index (χ0v) is 25.1. The van der Waals surface area contributed by atoms with E-state index in [2.05, 4.69) is 21.3 Å². The third kappa shape index (κ3) is 13.3. The smallest absolute Gasteiger partial charge is 0.407 e. The monoisotopic (exact) mass is 568 g/mol. The summed E-state index contributed by atoms with van der Waals surface area (Å²) in [6.45, 7) is 15.1.